The first-order valence-corrected chi connectivity index (χ1v) is 10.00. The first-order valence-electron chi connectivity index (χ1n) is 8.62. The average Bonchev–Trinajstić information content (AvgIpc) is 2.98. The van der Waals surface area contributed by atoms with E-state index in [1.165, 1.54) is 12.8 Å². The van der Waals surface area contributed by atoms with Gasteiger partial charge in [-0.1, -0.05) is 13.3 Å². The normalized spacial score (nSPS) is 35.1. The van der Waals surface area contributed by atoms with Crippen molar-refractivity contribution < 1.29 is 13.7 Å². The molecule has 1 spiro atoms. The van der Waals surface area contributed by atoms with E-state index in [0.29, 0.717) is 17.3 Å². The lowest BCUT2D eigenvalue weighted by molar-refractivity contribution is -0.179. The van der Waals surface area contributed by atoms with Crippen LogP contribution in [0, 0.1) is 0 Å². The van der Waals surface area contributed by atoms with Crippen molar-refractivity contribution in [2.75, 3.05) is 19.0 Å². The van der Waals surface area contributed by atoms with Crippen molar-refractivity contribution >= 4 is 10.8 Å². The van der Waals surface area contributed by atoms with Gasteiger partial charge in [-0.05, 0) is 32.1 Å². The molecule has 2 saturated carbocycles. The van der Waals surface area contributed by atoms with Crippen molar-refractivity contribution in [3.05, 3.63) is 0 Å². The third-order valence-electron chi connectivity index (χ3n) is 5.31. The van der Waals surface area contributed by atoms with Gasteiger partial charge in [0, 0.05) is 46.7 Å². The van der Waals surface area contributed by atoms with Crippen molar-refractivity contribution in [2.45, 2.75) is 81.4 Å². The van der Waals surface area contributed by atoms with Crippen molar-refractivity contribution in [2.24, 2.45) is 0 Å². The zero-order chi connectivity index (χ0) is 14.7. The van der Waals surface area contributed by atoms with Crippen LogP contribution in [0.5, 0.6) is 0 Å². The monoisotopic (exact) mass is 315 g/mol. The lowest BCUT2D eigenvalue weighted by Gasteiger charge is -2.38. The zero-order valence-corrected chi connectivity index (χ0v) is 14.0. The Kier molecular flexibility index (Phi) is 5.36. The van der Waals surface area contributed by atoms with Crippen LogP contribution in [-0.2, 0) is 20.3 Å². The van der Waals surface area contributed by atoms with Gasteiger partial charge in [0.1, 0.15) is 0 Å². The first-order chi connectivity index (χ1) is 10.2. The van der Waals surface area contributed by atoms with Crippen LogP contribution in [0.4, 0.5) is 0 Å². The van der Waals surface area contributed by atoms with Gasteiger partial charge in [0.15, 0.2) is 5.79 Å². The van der Waals surface area contributed by atoms with E-state index in [1.807, 2.05) is 6.92 Å². The summed E-state index contributed by atoms with van der Waals surface area (Å²) in [5.41, 5.74) is 0. The summed E-state index contributed by atoms with van der Waals surface area (Å²) in [5, 5.41) is 4.24. The number of ether oxygens (including phenoxy) is 2. The molecule has 0 aromatic carbocycles. The molecule has 5 heteroatoms. The summed E-state index contributed by atoms with van der Waals surface area (Å²) in [6, 6.07) is 1.14. The molecule has 1 saturated heterocycles. The number of hydrogen-bond acceptors (Lipinski definition) is 4. The van der Waals surface area contributed by atoms with E-state index in [0.717, 1.165) is 57.5 Å². The topological polar surface area (TPSA) is 47.6 Å². The smallest absolute Gasteiger partial charge is 0.168 e. The standard InChI is InChI=1S/C16H29NO3S/c1-2-21(18)15-5-3-4-14(12-15)17-13-6-8-16(9-7-13)19-10-11-20-16/h13-15,17H,2-12H2,1H3/t14-,15+,21+/m1/s1. The van der Waals surface area contributed by atoms with E-state index in [2.05, 4.69) is 5.32 Å². The Bertz CT molecular complexity index is 361. The van der Waals surface area contributed by atoms with E-state index in [4.69, 9.17) is 9.47 Å². The number of nitrogens with one attached hydrogen (secondary N) is 1. The molecule has 1 N–H and O–H groups in total. The second-order valence-corrected chi connectivity index (χ2v) is 8.71. The molecule has 1 aliphatic heterocycles. The Morgan fingerprint density at radius 2 is 1.81 bits per heavy atom. The van der Waals surface area contributed by atoms with E-state index in [1.54, 1.807) is 0 Å². The molecule has 2 aliphatic carbocycles. The highest BCUT2D eigenvalue weighted by Crippen LogP contribution is 2.36. The fraction of sp³-hybridized carbons (Fsp3) is 1.00. The van der Waals surface area contributed by atoms with Gasteiger partial charge in [-0.15, -0.1) is 0 Å². The van der Waals surface area contributed by atoms with Crippen LogP contribution >= 0.6 is 0 Å². The summed E-state index contributed by atoms with van der Waals surface area (Å²) in [6.07, 6.45) is 9.01. The predicted molar refractivity (Wildman–Crippen MR) is 84.8 cm³/mol. The third kappa shape index (κ3) is 3.87. The fourth-order valence-corrected chi connectivity index (χ4v) is 5.46. The maximum atomic E-state index is 12.0. The van der Waals surface area contributed by atoms with Crippen LogP contribution in [0.25, 0.3) is 0 Å². The van der Waals surface area contributed by atoms with Gasteiger partial charge in [0.25, 0.3) is 0 Å². The van der Waals surface area contributed by atoms with Crippen LogP contribution in [0.2, 0.25) is 0 Å². The van der Waals surface area contributed by atoms with Crippen LogP contribution in [0.1, 0.15) is 58.3 Å². The van der Waals surface area contributed by atoms with Gasteiger partial charge in [-0.2, -0.15) is 0 Å². The van der Waals surface area contributed by atoms with Gasteiger partial charge in [0.05, 0.1) is 13.2 Å². The molecule has 0 unspecified atom stereocenters. The molecule has 0 aromatic rings. The maximum absolute atomic E-state index is 12.0. The molecule has 3 atom stereocenters. The molecular weight excluding hydrogens is 286 g/mol. The second-order valence-electron chi connectivity index (χ2n) is 6.70. The summed E-state index contributed by atoms with van der Waals surface area (Å²) in [5.74, 6) is 0.551. The van der Waals surface area contributed by atoms with Crippen LogP contribution in [0.15, 0.2) is 0 Å². The largest absolute Gasteiger partial charge is 0.348 e. The second kappa shape index (κ2) is 7.07. The summed E-state index contributed by atoms with van der Waals surface area (Å²) in [6.45, 7) is 3.55. The zero-order valence-electron chi connectivity index (χ0n) is 13.1. The number of rotatable bonds is 4. The van der Waals surface area contributed by atoms with E-state index in [9.17, 15) is 4.21 Å². The Hall–Kier alpha value is 0.0300. The van der Waals surface area contributed by atoms with Crippen LogP contribution < -0.4 is 5.32 Å². The summed E-state index contributed by atoms with van der Waals surface area (Å²) in [7, 11) is -0.628. The molecule has 4 nitrogen and oxygen atoms in total. The highest BCUT2D eigenvalue weighted by atomic mass is 32.2. The molecule has 0 aromatic heterocycles. The fourth-order valence-electron chi connectivity index (χ4n) is 4.11. The lowest BCUT2D eigenvalue weighted by Crippen LogP contribution is -2.47. The third-order valence-corrected chi connectivity index (χ3v) is 7.06. The van der Waals surface area contributed by atoms with Crippen molar-refractivity contribution in [1.82, 2.24) is 5.32 Å². The molecule has 3 rings (SSSR count). The molecule has 1 heterocycles. The molecule has 21 heavy (non-hydrogen) atoms. The van der Waals surface area contributed by atoms with E-state index in [-0.39, 0.29) is 5.79 Å². The van der Waals surface area contributed by atoms with Gasteiger partial charge < -0.3 is 14.8 Å². The molecule has 122 valence electrons. The van der Waals surface area contributed by atoms with E-state index >= 15 is 0 Å². The minimum absolute atomic E-state index is 0.253. The minimum Gasteiger partial charge on any atom is -0.348 e. The van der Waals surface area contributed by atoms with Gasteiger partial charge in [0.2, 0.25) is 0 Å². The quantitative estimate of drug-likeness (QED) is 0.865. The molecule has 0 bridgehead atoms. The van der Waals surface area contributed by atoms with Crippen molar-refractivity contribution in [3.8, 4) is 0 Å². The maximum Gasteiger partial charge on any atom is 0.168 e. The Morgan fingerprint density at radius 3 is 2.48 bits per heavy atom. The van der Waals surface area contributed by atoms with Crippen LogP contribution in [0.3, 0.4) is 0 Å². The van der Waals surface area contributed by atoms with Crippen LogP contribution in [-0.4, -0.2) is 46.3 Å². The highest BCUT2D eigenvalue weighted by molar-refractivity contribution is 7.85. The van der Waals surface area contributed by atoms with Gasteiger partial charge in [-0.3, -0.25) is 4.21 Å². The molecule has 0 amide bonds. The Balaban J connectivity index is 1.45. The SMILES string of the molecule is CC[S@](=O)[C@H]1CCC[C@@H](NC2CCC3(CC2)OCCO3)C1. The number of hydrogen-bond donors (Lipinski definition) is 1. The Labute approximate surface area is 130 Å². The molecule has 3 fully saturated rings. The molecule has 0 radical (unpaired) electrons. The summed E-state index contributed by atoms with van der Waals surface area (Å²) in [4.78, 5) is 0. The minimum atomic E-state index is -0.628. The van der Waals surface area contributed by atoms with Crippen molar-refractivity contribution in [3.63, 3.8) is 0 Å². The van der Waals surface area contributed by atoms with Gasteiger partial charge >= 0.3 is 0 Å². The first kappa shape index (κ1) is 15.9. The predicted octanol–water partition coefficient (Wildman–Crippen LogP) is 2.34. The van der Waals surface area contributed by atoms with E-state index < -0.39 is 10.8 Å². The summed E-state index contributed by atoms with van der Waals surface area (Å²) >= 11 is 0. The average molecular weight is 315 g/mol. The molecular formula is C16H29NO3S. The summed E-state index contributed by atoms with van der Waals surface area (Å²) < 4.78 is 23.6. The van der Waals surface area contributed by atoms with Gasteiger partial charge in [-0.25, -0.2) is 0 Å². The lowest BCUT2D eigenvalue weighted by atomic mass is 9.87. The van der Waals surface area contributed by atoms with Crippen molar-refractivity contribution in [1.29, 1.82) is 0 Å². The molecule has 3 aliphatic rings. The highest BCUT2D eigenvalue weighted by Gasteiger charge is 2.40. The Morgan fingerprint density at radius 1 is 1.10 bits per heavy atom.